The largest absolute Gasteiger partial charge is 0.416 e. The molecule has 0 unspecified atom stereocenters. The number of alkyl halides is 3. The summed E-state index contributed by atoms with van der Waals surface area (Å²) in [4.78, 5) is 19.8. The molecule has 1 heterocycles. The topological polar surface area (TPSA) is 78.7 Å². The van der Waals surface area contributed by atoms with E-state index >= 15 is 0 Å². The number of nitriles is 1. The van der Waals surface area contributed by atoms with Gasteiger partial charge in [0, 0.05) is 24.2 Å². The number of anilines is 1. The molecular weight excluding hydrogens is 309 g/mol. The van der Waals surface area contributed by atoms with Gasteiger partial charge in [-0.25, -0.2) is 4.98 Å². The maximum absolute atomic E-state index is 12.7. The van der Waals surface area contributed by atoms with E-state index in [1.54, 1.807) is 6.07 Å². The summed E-state index contributed by atoms with van der Waals surface area (Å²) in [5, 5.41) is 11.6. The van der Waals surface area contributed by atoms with Crippen molar-refractivity contribution in [3.05, 3.63) is 65.8 Å². The number of halogens is 3. The number of carbonyl (C=O) groups excluding carboxylic acids is 1. The fraction of sp³-hybridized carbons (Fsp3) is 0.0667. The zero-order valence-corrected chi connectivity index (χ0v) is 11.5. The Morgan fingerprint density at radius 1 is 1.30 bits per heavy atom. The van der Waals surface area contributed by atoms with Crippen LogP contribution in [0.15, 0.2) is 54.6 Å². The van der Waals surface area contributed by atoms with Gasteiger partial charge in [-0.1, -0.05) is 12.1 Å². The van der Waals surface area contributed by atoms with Gasteiger partial charge in [0.1, 0.15) is 17.5 Å². The van der Waals surface area contributed by atoms with Crippen LogP contribution >= 0.6 is 0 Å². The first-order valence-corrected chi connectivity index (χ1v) is 6.26. The van der Waals surface area contributed by atoms with Crippen molar-refractivity contribution in [3.8, 4) is 6.07 Å². The van der Waals surface area contributed by atoms with Crippen molar-refractivity contribution < 1.29 is 18.0 Å². The van der Waals surface area contributed by atoms with Crippen LogP contribution in [0.1, 0.15) is 15.9 Å². The lowest BCUT2D eigenvalue weighted by molar-refractivity contribution is -0.137. The van der Waals surface area contributed by atoms with Crippen molar-refractivity contribution in [1.29, 1.82) is 5.26 Å². The van der Waals surface area contributed by atoms with Gasteiger partial charge < -0.3 is 5.32 Å². The first-order chi connectivity index (χ1) is 10.9. The summed E-state index contributed by atoms with van der Waals surface area (Å²) in [6, 6.07) is 5.53. The third-order valence-corrected chi connectivity index (χ3v) is 2.74. The van der Waals surface area contributed by atoms with E-state index in [1.807, 2.05) is 0 Å². The van der Waals surface area contributed by atoms with Crippen LogP contribution in [0.5, 0.6) is 0 Å². The molecule has 2 rings (SSSR count). The van der Waals surface area contributed by atoms with Gasteiger partial charge in [0.2, 0.25) is 5.78 Å². The molecule has 0 radical (unpaired) electrons. The van der Waals surface area contributed by atoms with Crippen molar-refractivity contribution in [3.63, 3.8) is 0 Å². The number of Topliss-reactive ketones (excluding diaryl/α,β-unsaturated/α-hetero) is 1. The standard InChI is InChI=1S/C15H9F3N4O/c16-15(17,18)12-3-1-2-10(6-12)14(23)11(7-19)8-22-13-9-20-4-5-21-13/h1-6,8-9H,(H,21,22)/b11-8-. The quantitative estimate of drug-likeness (QED) is 0.532. The molecule has 0 saturated heterocycles. The van der Waals surface area contributed by atoms with Gasteiger partial charge in [-0.3, -0.25) is 9.78 Å². The zero-order chi connectivity index (χ0) is 16.9. The van der Waals surface area contributed by atoms with Crippen molar-refractivity contribution in [2.75, 3.05) is 5.32 Å². The first kappa shape index (κ1) is 16.2. The average Bonchev–Trinajstić information content (AvgIpc) is 2.55. The molecule has 0 spiro atoms. The Bertz CT molecular complexity index is 779. The molecule has 0 saturated carbocycles. The third kappa shape index (κ3) is 4.14. The molecule has 8 heteroatoms. The van der Waals surface area contributed by atoms with Crippen LogP contribution < -0.4 is 5.32 Å². The Morgan fingerprint density at radius 3 is 2.70 bits per heavy atom. The van der Waals surface area contributed by atoms with Gasteiger partial charge in [-0.05, 0) is 12.1 Å². The van der Waals surface area contributed by atoms with Crippen LogP contribution in [0.3, 0.4) is 0 Å². The molecule has 1 aromatic heterocycles. The van der Waals surface area contributed by atoms with E-state index in [-0.39, 0.29) is 17.0 Å². The SMILES string of the molecule is N#C/C(=C/Nc1cnccn1)C(=O)c1cccc(C(F)(F)F)c1. The lowest BCUT2D eigenvalue weighted by Gasteiger charge is -2.08. The molecule has 116 valence electrons. The summed E-state index contributed by atoms with van der Waals surface area (Å²) in [6.45, 7) is 0. The van der Waals surface area contributed by atoms with Crippen LogP contribution in [0.2, 0.25) is 0 Å². The predicted molar refractivity (Wildman–Crippen MR) is 75.1 cm³/mol. The highest BCUT2D eigenvalue weighted by atomic mass is 19.4. The minimum Gasteiger partial charge on any atom is -0.344 e. The summed E-state index contributed by atoms with van der Waals surface area (Å²) in [7, 11) is 0. The Labute approximate surface area is 129 Å². The third-order valence-electron chi connectivity index (χ3n) is 2.74. The number of rotatable bonds is 4. The molecule has 0 atom stereocenters. The van der Waals surface area contributed by atoms with Gasteiger partial charge >= 0.3 is 6.18 Å². The number of nitrogens with zero attached hydrogens (tertiary/aromatic N) is 3. The Kier molecular flexibility index (Phi) is 4.71. The number of hydrogen-bond donors (Lipinski definition) is 1. The highest BCUT2D eigenvalue weighted by Crippen LogP contribution is 2.29. The minimum atomic E-state index is -4.56. The van der Waals surface area contributed by atoms with E-state index in [0.29, 0.717) is 6.07 Å². The fourth-order valence-electron chi connectivity index (χ4n) is 1.66. The van der Waals surface area contributed by atoms with E-state index < -0.39 is 17.5 Å². The molecule has 5 nitrogen and oxygen atoms in total. The molecule has 0 aliphatic rings. The number of benzene rings is 1. The Morgan fingerprint density at radius 2 is 2.09 bits per heavy atom. The maximum Gasteiger partial charge on any atom is 0.416 e. The second-order valence-corrected chi connectivity index (χ2v) is 4.31. The maximum atomic E-state index is 12.7. The molecule has 0 fully saturated rings. The van der Waals surface area contributed by atoms with Crippen LogP contribution in [0, 0.1) is 11.3 Å². The molecule has 1 aromatic carbocycles. The lowest BCUT2D eigenvalue weighted by atomic mass is 10.0. The van der Waals surface area contributed by atoms with E-state index in [1.165, 1.54) is 24.7 Å². The van der Waals surface area contributed by atoms with Crippen molar-refractivity contribution in [1.82, 2.24) is 9.97 Å². The molecule has 0 aliphatic heterocycles. The molecular formula is C15H9F3N4O. The lowest BCUT2D eigenvalue weighted by Crippen LogP contribution is -2.09. The van der Waals surface area contributed by atoms with Crippen molar-refractivity contribution >= 4 is 11.6 Å². The average molecular weight is 318 g/mol. The van der Waals surface area contributed by atoms with Gasteiger partial charge in [-0.15, -0.1) is 0 Å². The smallest absolute Gasteiger partial charge is 0.344 e. The summed E-state index contributed by atoms with van der Waals surface area (Å²) in [5.41, 5.74) is -1.54. The number of carbonyl (C=O) groups is 1. The monoisotopic (exact) mass is 318 g/mol. The van der Waals surface area contributed by atoms with Crippen LogP contribution in [0.4, 0.5) is 19.0 Å². The van der Waals surface area contributed by atoms with Gasteiger partial charge in [0.25, 0.3) is 0 Å². The number of nitrogens with one attached hydrogen (secondary N) is 1. The van der Waals surface area contributed by atoms with Crippen molar-refractivity contribution in [2.24, 2.45) is 0 Å². The molecule has 2 aromatic rings. The second-order valence-electron chi connectivity index (χ2n) is 4.31. The number of aromatic nitrogens is 2. The van der Waals surface area contributed by atoms with E-state index in [4.69, 9.17) is 5.26 Å². The summed E-state index contributed by atoms with van der Waals surface area (Å²) in [5.74, 6) is -0.535. The summed E-state index contributed by atoms with van der Waals surface area (Å²) >= 11 is 0. The number of hydrogen-bond acceptors (Lipinski definition) is 5. The fourth-order valence-corrected chi connectivity index (χ4v) is 1.66. The molecule has 23 heavy (non-hydrogen) atoms. The molecule has 1 N–H and O–H groups in total. The van der Waals surface area contributed by atoms with E-state index in [9.17, 15) is 18.0 Å². The Hall–Kier alpha value is -3.21. The van der Waals surface area contributed by atoms with Gasteiger partial charge in [0.05, 0.1) is 11.8 Å². The molecule has 0 amide bonds. The first-order valence-electron chi connectivity index (χ1n) is 6.26. The highest BCUT2D eigenvalue weighted by Gasteiger charge is 2.31. The van der Waals surface area contributed by atoms with Gasteiger partial charge in [-0.2, -0.15) is 18.4 Å². The predicted octanol–water partition coefficient (Wildman–Crippen LogP) is 3.20. The van der Waals surface area contributed by atoms with Crippen LogP contribution in [-0.4, -0.2) is 15.8 Å². The molecule has 0 bridgehead atoms. The molecule has 0 aliphatic carbocycles. The normalized spacial score (nSPS) is 11.7. The summed E-state index contributed by atoms with van der Waals surface area (Å²) in [6.07, 6.45) is 0.711. The zero-order valence-electron chi connectivity index (χ0n) is 11.5. The van der Waals surface area contributed by atoms with Gasteiger partial charge in [0.15, 0.2) is 0 Å². The van der Waals surface area contributed by atoms with E-state index in [0.717, 1.165) is 18.3 Å². The Balaban J connectivity index is 2.25. The van der Waals surface area contributed by atoms with E-state index in [2.05, 4.69) is 15.3 Å². The van der Waals surface area contributed by atoms with Crippen molar-refractivity contribution in [2.45, 2.75) is 6.18 Å². The number of ketones is 1. The van der Waals surface area contributed by atoms with Crippen LogP contribution in [-0.2, 0) is 6.18 Å². The second kappa shape index (κ2) is 6.70. The highest BCUT2D eigenvalue weighted by molar-refractivity contribution is 6.11. The van der Waals surface area contributed by atoms with Crippen LogP contribution in [0.25, 0.3) is 0 Å². The minimum absolute atomic E-state index is 0.228. The number of allylic oxidation sites excluding steroid dienone is 1. The summed E-state index contributed by atoms with van der Waals surface area (Å²) < 4.78 is 38.0.